The summed E-state index contributed by atoms with van der Waals surface area (Å²) in [6, 6.07) is 6.89. The second kappa shape index (κ2) is 21.5. The lowest BCUT2D eigenvalue weighted by Gasteiger charge is -2.14. The monoisotopic (exact) mass is 610 g/mol. The molecule has 0 bridgehead atoms. The number of carbonyl (C=O) groups excluding carboxylic acids is 3. The van der Waals surface area contributed by atoms with E-state index in [1.807, 2.05) is 32.2 Å². The zero-order chi connectivity index (χ0) is 32.2. The molecule has 2 aliphatic rings. The second-order valence-corrected chi connectivity index (χ2v) is 11.0. The number of anilines is 1. The number of nitrogens with two attached hydrogens (primary N) is 1. The number of likely N-dealkylation sites (tertiary alicyclic amines) is 1. The molecule has 1 saturated heterocycles. The van der Waals surface area contributed by atoms with Crippen molar-refractivity contribution in [3.05, 3.63) is 42.1 Å². The van der Waals surface area contributed by atoms with Crippen LogP contribution in [0.3, 0.4) is 0 Å². The van der Waals surface area contributed by atoms with Gasteiger partial charge < -0.3 is 25.6 Å². The zero-order valence-electron chi connectivity index (χ0n) is 25.9. The maximum Gasteiger partial charge on any atom is 0.395 e. The topological polar surface area (TPSA) is 118 Å². The van der Waals surface area contributed by atoms with Gasteiger partial charge in [-0.3, -0.25) is 4.90 Å². The number of aromatic nitrogens is 1. The van der Waals surface area contributed by atoms with Gasteiger partial charge in [-0.1, -0.05) is 32.4 Å². The maximum absolute atomic E-state index is 12.1. The molecular weight excluding hydrogens is 561 g/mol. The van der Waals surface area contributed by atoms with Crippen molar-refractivity contribution in [3.63, 3.8) is 0 Å². The Labute approximate surface area is 253 Å². The van der Waals surface area contributed by atoms with E-state index < -0.39 is 18.8 Å². The Kier molecular flexibility index (Phi) is 18.9. The first-order valence-electron chi connectivity index (χ1n) is 15.0. The number of nitrogens with one attached hydrogen (secondary N) is 2. The van der Waals surface area contributed by atoms with Gasteiger partial charge in [-0.25, -0.2) is 18.5 Å². The van der Waals surface area contributed by atoms with Crippen molar-refractivity contribution in [2.45, 2.75) is 83.5 Å². The summed E-state index contributed by atoms with van der Waals surface area (Å²) in [5.74, 6) is -0.318. The van der Waals surface area contributed by atoms with Gasteiger partial charge in [-0.05, 0) is 88.7 Å². The van der Waals surface area contributed by atoms with Gasteiger partial charge in [0.05, 0.1) is 6.04 Å². The molecule has 1 fully saturated rings. The smallest absolute Gasteiger partial charge is 0.388 e. The van der Waals surface area contributed by atoms with E-state index >= 15 is 0 Å². The predicted molar refractivity (Wildman–Crippen MR) is 166 cm³/mol. The lowest BCUT2D eigenvalue weighted by Crippen LogP contribution is -2.29. The molecule has 4 rings (SSSR count). The lowest BCUT2D eigenvalue weighted by atomic mass is 9.99. The van der Waals surface area contributed by atoms with Gasteiger partial charge >= 0.3 is 5.97 Å². The number of alkyl halides is 2. The van der Waals surface area contributed by atoms with Gasteiger partial charge in [0.2, 0.25) is 0 Å². The highest BCUT2D eigenvalue weighted by Crippen LogP contribution is 2.21. The van der Waals surface area contributed by atoms with Crippen LogP contribution in [0.1, 0.15) is 75.7 Å². The summed E-state index contributed by atoms with van der Waals surface area (Å²) in [5, 5.41) is 3.79. The largest absolute Gasteiger partial charge is 0.395 e. The molecule has 1 aliphatic heterocycles. The Morgan fingerprint density at radius 1 is 1.26 bits per heavy atom. The minimum absolute atomic E-state index is 0.0979. The zero-order valence-corrected chi connectivity index (χ0v) is 25.9. The number of fused-ring (bicyclic) bond motifs is 1. The number of hydrogen-bond donors (Lipinski definition) is 3. The van der Waals surface area contributed by atoms with Gasteiger partial charge in [-0.2, -0.15) is 0 Å². The van der Waals surface area contributed by atoms with Crippen LogP contribution >= 0.6 is 0 Å². The average Bonchev–Trinajstić information content (AvgIpc) is 3.61. The molecule has 4 unspecified atom stereocenters. The number of rotatable bonds is 10. The van der Waals surface area contributed by atoms with Gasteiger partial charge in [0.25, 0.3) is 0 Å². The van der Waals surface area contributed by atoms with Crippen LogP contribution in [-0.4, -0.2) is 74.0 Å². The van der Waals surface area contributed by atoms with E-state index in [1.54, 1.807) is 19.2 Å². The molecule has 11 heteroatoms. The molecular formula is C32H49F3N4O4. The minimum Gasteiger partial charge on any atom is -0.388 e. The van der Waals surface area contributed by atoms with Crippen molar-refractivity contribution < 1.29 is 32.6 Å². The van der Waals surface area contributed by atoms with Crippen LogP contribution in [0.5, 0.6) is 0 Å². The molecule has 0 amide bonds. The van der Waals surface area contributed by atoms with Crippen molar-refractivity contribution in [3.8, 4) is 0 Å². The lowest BCUT2D eigenvalue weighted by molar-refractivity contribution is -0.112. The van der Waals surface area contributed by atoms with Crippen molar-refractivity contribution in [2.24, 2.45) is 17.6 Å². The number of halogens is 3. The van der Waals surface area contributed by atoms with Crippen LogP contribution < -0.4 is 11.1 Å². The summed E-state index contributed by atoms with van der Waals surface area (Å²) in [5.41, 5.74) is 7.15. The fraction of sp³-hybridized carbons (Fsp3) is 0.594. The number of aldehydes is 2. The highest BCUT2D eigenvalue weighted by Gasteiger charge is 2.27. The Morgan fingerprint density at radius 3 is 2.44 bits per heavy atom. The van der Waals surface area contributed by atoms with Crippen molar-refractivity contribution >= 4 is 35.1 Å². The van der Waals surface area contributed by atoms with Crippen LogP contribution in [0.2, 0.25) is 0 Å². The van der Waals surface area contributed by atoms with E-state index in [1.165, 1.54) is 12.5 Å². The third-order valence-corrected chi connectivity index (χ3v) is 7.63. The molecule has 43 heavy (non-hydrogen) atoms. The molecule has 1 aliphatic carbocycles. The van der Waals surface area contributed by atoms with Crippen LogP contribution in [0.25, 0.3) is 10.9 Å². The third kappa shape index (κ3) is 14.2. The predicted octanol–water partition coefficient (Wildman–Crippen LogP) is 6.52. The Hall–Kier alpha value is -3.18. The molecule has 8 nitrogen and oxygen atoms in total. The number of allylic oxidation sites excluding steroid dienone is 2. The van der Waals surface area contributed by atoms with E-state index in [0.717, 1.165) is 74.2 Å². The molecule has 0 radical (unpaired) electrons. The first-order chi connectivity index (χ1) is 20.6. The Balaban J connectivity index is 0.000000298. The fourth-order valence-corrected chi connectivity index (χ4v) is 4.70. The normalized spacial score (nSPS) is 20.7. The average molecular weight is 611 g/mol. The Morgan fingerprint density at radius 2 is 2.00 bits per heavy atom. The molecule has 242 valence electrons. The summed E-state index contributed by atoms with van der Waals surface area (Å²) >= 11 is 0. The molecule has 5 atom stereocenters. The van der Waals surface area contributed by atoms with Crippen molar-refractivity contribution in [1.82, 2.24) is 9.88 Å². The molecule has 0 spiro atoms. The van der Waals surface area contributed by atoms with E-state index in [-0.39, 0.29) is 23.7 Å². The standard InChI is InChI=1S/C10H9FN2O2.C9H18FNO.C7H13NO.C6H9F/c1-12-7-2-3-8-6(4-7)5-9(13-8)10(14)15-11;1-2-8(7-12)4-3-5-9(11)6-10;1-6-3-4-8(2)7(6)5-9;7-6-4-2-1-3-5-6/h2-5,12-13H,1H3;7-9H,2-6,11H2,1H3;5-7H,3-4H2,1-2H3;2,4,6H,1,3,5H2/t;;6-,7?;/m..0./s1. The number of carbonyl (C=O) groups is 3. The number of H-pyrrole nitrogens is 1. The first kappa shape index (κ1) is 37.8. The van der Waals surface area contributed by atoms with Crippen LogP contribution in [0.4, 0.5) is 19.0 Å². The van der Waals surface area contributed by atoms with E-state index in [0.29, 0.717) is 12.3 Å². The highest BCUT2D eigenvalue weighted by atomic mass is 19.3. The SMILES string of the molecule is CCC(C=O)CCCC(N)CF.CNc1ccc2[nH]c(C(=O)OF)cc2c1.C[C@H]1CCN(C)C1C=O.FC1C=CCCC1. The number of hydrogen-bond acceptors (Lipinski definition) is 7. The van der Waals surface area contributed by atoms with Crippen molar-refractivity contribution in [2.75, 3.05) is 32.6 Å². The summed E-state index contributed by atoms with van der Waals surface area (Å²) in [4.78, 5) is 39.7. The first-order valence-corrected chi connectivity index (χ1v) is 15.0. The minimum atomic E-state index is -1.02. The molecule has 2 heterocycles. The fourth-order valence-electron chi connectivity index (χ4n) is 4.70. The number of aromatic amines is 1. The van der Waals surface area contributed by atoms with E-state index in [9.17, 15) is 27.7 Å². The van der Waals surface area contributed by atoms with Gasteiger partial charge in [0.15, 0.2) is 0 Å². The molecule has 0 saturated carbocycles. The molecule has 2 aromatic rings. The quantitative estimate of drug-likeness (QED) is 0.207. The molecule has 1 aromatic carbocycles. The maximum atomic E-state index is 12.1. The summed E-state index contributed by atoms with van der Waals surface area (Å²) in [6.07, 6.45) is 12.2. The number of benzene rings is 1. The number of nitrogens with zero attached hydrogens (tertiary/aromatic N) is 1. The van der Waals surface area contributed by atoms with Crippen LogP contribution in [0.15, 0.2) is 36.4 Å². The van der Waals surface area contributed by atoms with E-state index in [4.69, 9.17) is 5.73 Å². The molecule has 4 N–H and O–H groups in total. The number of likely N-dealkylation sites (N-methyl/N-ethyl adjacent to an activating group) is 1. The van der Waals surface area contributed by atoms with Crippen molar-refractivity contribution in [1.29, 1.82) is 0 Å². The van der Waals surface area contributed by atoms with E-state index in [2.05, 4.69) is 27.1 Å². The van der Waals surface area contributed by atoms with Crippen LogP contribution in [0, 0.1) is 11.8 Å². The van der Waals surface area contributed by atoms with Gasteiger partial charge in [-0.15, -0.1) is 0 Å². The molecule has 1 aromatic heterocycles. The summed E-state index contributed by atoms with van der Waals surface area (Å²) < 4.78 is 35.6. The van der Waals surface area contributed by atoms with Gasteiger partial charge in [0, 0.05) is 40.1 Å². The highest BCUT2D eigenvalue weighted by molar-refractivity contribution is 5.95. The Bertz CT molecular complexity index is 1100. The summed E-state index contributed by atoms with van der Waals surface area (Å²) in [7, 11) is 3.80. The van der Waals surface area contributed by atoms with Gasteiger partial charge in [0.1, 0.15) is 31.1 Å². The van der Waals surface area contributed by atoms with Crippen LogP contribution in [-0.2, 0) is 14.5 Å². The summed E-state index contributed by atoms with van der Waals surface area (Å²) in [6.45, 7) is 4.72. The second-order valence-electron chi connectivity index (χ2n) is 11.0. The third-order valence-electron chi connectivity index (χ3n) is 7.63.